The number of hydrogen-bond acceptors (Lipinski definition) is 3. The second-order valence-corrected chi connectivity index (χ2v) is 11.2. The molecule has 0 N–H and O–H groups in total. The third-order valence-electron chi connectivity index (χ3n) is 8.11. The van der Waals surface area contributed by atoms with Crippen LogP contribution in [0.1, 0.15) is 77.0 Å². The highest BCUT2D eigenvalue weighted by Crippen LogP contribution is 2.64. The van der Waals surface area contributed by atoms with Crippen molar-refractivity contribution in [2.45, 2.75) is 86.8 Å². The van der Waals surface area contributed by atoms with Crippen LogP contribution in [0.2, 0.25) is 0 Å². The fourth-order valence-corrected chi connectivity index (χ4v) is 8.67. The SMILES string of the molecule is C1=CCC(C2(C3CC=CCC3)N=NC(C3CC=CCC3)(C3CC=CCC3)S2)CC1. The van der Waals surface area contributed by atoms with E-state index in [2.05, 4.69) is 60.4 Å². The van der Waals surface area contributed by atoms with Crippen molar-refractivity contribution in [1.82, 2.24) is 0 Å². The molecule has 29 heavy (non-hydrogen) atoms. The van der Waals surface area contributed by atoms with Gasteiger partial charge in [-0.25, -0.2) is 0 Å². The fraction of sp³-hybridized carbons (Fsp3) is 0.692. The van der Waals surface area contributed by atoms with Crippen LogP contribution < -0.4 is 0 Å². The number of rotatable bonds is 4. The summed E-state index contributed by atoms with van der Waals surface area (Å²) in [6.45, 7) is 0. The van der Waals surface area contributed by atoms with Crippen LogP contribution in [0.3, 0.4) is 0 Å². The molecule has 0 saturated carbocycles. The van der Waals surface area contributed by atoms with Gasteiger partial charge in [-0.1, -0.05) is 60.4 Å². The van der Waals surface area contributed by atoms with Crippen LogP contribution in [-0.2, 0) is 0 Å². The molecule has 0 aromatic rings. The first-order valence-corrected chi connectivity index (χ1v) is 12.9. The molecule has 0 radical (unpaired) electrons. The first kappa shape index (κ1) is 19.8. The van der Waals surface area contributed by atoms with Gasteiger partial charge in [0.1, 0.15) is 9.74 Å². The zero-order valence-corrected chi connectivity index (χ0v) is 18.5. The van der Waals surface area contributed by atoms with Crippen molar-refractivity contribution >= 4 is 11.8 Å². The van der Waals surface area contributed by atoms with E-state index in [1.54, 1.807) is 0 Å². The van der Waals surface area contributed by atoms with Gasteiger partial charge in [0.05, 0.1) is 0 Å². The van der Waals surface area contributed by atoms with Gasteiger partial charge in [-0.2, -0.15) is 10.2 Å². The topological polar surface area (TPSA) is 24.7 Å². The highest BCUT2D eigenvalue weighted by atomic mass is 32.2. The van der Waals surface area contributed by atoms with Gasteiger partial charge in [0.25, 0.3) is 0 Å². The smallest absolute Gasteiger partial charge is 0.135 e. The molecule has 4 unspecified atom stereocenters. The summed E-state index contributed by atoms with van der Waals surface area (Å²) in [6.07, 6.45) is 34.0. The van der Waals surface area contributed by atoms with Crippen LogP contribution in [0.15, 0.2) is 58.8 Å². The molecule has 0 bridgehead atoms. The van der Waals surface area contributed by atoms with Crippen molar-refractivity contribution < 1.29 is 0 Å². The van der Waals surface area contributed by atoms with Crippen LogP contribution in [0.4, 0.5) is 0 Å². The van der Waals surface area contributed by atoms with E-state index in [9.17, 15) is 0 Å². The van der Waals surface area contributed by atoms with Crippen LogP contribution in [0, 0.1) is 23.7 Å². The maximum atomic E-state index is 5.39. The standard InChI is InChI=1S/C26H36N2S/c1-5-13-21(14-6-1)25(22-15-7-2-8-16-22)27-28-26(29-25,23-17-9-3-10-18-23)24-19-11-4-12-20-24/h1-5,7,9,11,21-24H,6,8,10,12-20H2. The minimum absolute atomic E-state index is 0.00214. The van der Waals surface area contributed by atoms with Crippen molar-refractivity contribution in [3.05, 3.63) is 48.6 Å². The monoisotopic (exact) mass is 408 g/mol. The van der Waals surface area contributed by atoms with Crippen LogP contribution in [0.25, 0.3) is 0 Å². The molecule has 1 heterocycles. The minimum atomic E-state index is -0.00214. The summed E-state index contributed by atoms with van der Waals surface area (Å²) >= 11 is 2.26. The van der Waals surface area contributed by atoms with Gasteiger partial charge in [0, 0.05) is 0 Å². The van der Waals surface area contributed by atoms with Gasteiger partial charge in [-0.05, 0) is 101 Å². The van der Waals surface area contributed by atoms with Crippen molar-refractivity contribution in [2.24, 2.45) is 33.9 Å². The minimum Gasteiger partial charge on any atom is -0.174 e. The lowest BCUT2D eigenvalue weighted by Crippen LogP contribution is -2.46. The molecule has 2 nitrogen and oxygen atoms in total. The van der Waals surface area contributed by atoms with E-state index in [4.69, 9.17) is 10.2 Å². The predicted octanol–water partition coefficient (Wildman–Crippen LogP) is 8.00. The Kier molecular flexibility index (Phi) is 5.87. The summed E-state index contributed by atoms with van der Waals surface area (Å²) in [4.78, 5) is -0.00428. The van der Waals surface area contributed by atoms with E-state index in [0.29, 0.717) is 23.7 Å². The number of nitrogens with zero attached hydrogens (tertiary/aromatic N) is 2. The molecule has 5 rings (SSSR count). The van der Waals surface area contributed by atoms with E-state index in [0.717, 1.165) is 0 Å². The summed E-state index contributed by atoms with van der Waals surface area (Å²) in [5.41, 5.74) is 0. The van der Waals surface area contributed by atoms with Gasteiger partial charge in [0.2, 0.25) is 0 Å². The molecule has 4 atom stereocenters. The lowest BCUT2D eigenvalue weighted by molar-refractivity contribution is 0.235. The van der Waals surface area contributed by atoms with E-state index >= 15 is 0 Å². The molecule has 5 aliphatic rings. The Hall–Kier alpha value is -1.09. The Labute approximate surface area is 181 Å². The number of allylic oxidation sites excluding steroid dienone is 8. The Morgan fingerprint density at radius 1 is 0.483 bits per heavy atom. The molecule has 0 aromatic heterocycles. The Bertz CT molecular complexity index is 623. The van der Waals surface area contributed by atoms with Crippen LogP contribution in [-0.4, -0.2) is 9.74 Å². The molecule has 3 heteroatoms. The normalized spacial score (nSPS) is 44.4. The molecular formula is C26H36N2S. The molecule has 0 fully saturated rings. The first-order valence-electron chi connectivity index (χ1n) is 12.1. The molecule has 0 saturated heterocycles. The Morgan fingerprint density at radius 3 is 1.03 bits per heavy atom. The lowest BCUT2D eigenvalue weighted by atomic mass is 9.76. The highest BCUT2D eigenvalue weighted by Gasteiger charge is 2.60. The van der Waals surface area contributed by atoms with Crippen molar-refractivity contribution in [3.8, 4) is 0 Å². The van der Waals surface area contributed by atoms with E-state index in [-0.39, 0.29) is 9.74 Å². The second-order valence-electron chi connectivity index (χ2n) is 9.73. The number of azo groups is 1. The largest absolute Gasteiger partial charge is 0.174 e. The molecule has 0 amide bonds. The maximum absolute atomic E-state index is 5.39. The van der Waals surface area contributed by atoms with E-state index in [1.807, 2.05) is 0 Å². The van der Waals surface area contributed by atoms with E-state index < -0.39 is 0 Å². The van der Waals surface area contributed by atoms with Crippen LogP contribution >= 0.6 is 11.8 Å². The van der Waals surface area contributed by atoms with Crippen LogP contribution in [0.5, 0.6) is 0 Å². The third-order valence-corrected chi connectivity index (χ3v) is 10.3. The second kappa shape index (κ2) is 8.57. The van der Waals surface area contributed by atoms with Crippen molar-refractivity contribution in [2.75, 3.05) is 0 Å². The average molecular weight is 409 g/mol. The zero-order chi connectivity index (χ0) is 19.6. The summed E-state index contributed by atoms with van der Waals surface area (Å²) < 4.78 is 0. The summed E-state index contributed by atoms with van der Waals surface area (Å²) in [5, 5.41) is 10.8. The van der Waals surface area contributed by atoms with E-state index in [1.165, 1.54) is 77.0 Å². The number of hydrogen-bond donors (Lipinski definition) is 0. The predicted molar refractivity (Wildman–Crippen MR) is 124 cm³/mol. The lowest BCUT2D eigenvalue weighted by Gasteiger charge is -2.47. The number of thioether (sulfide) groups is 1. The molecule has 156 valence electrons. The Balaban J connectivity index is 1.52. The maximum Gasteiger partial charge on any atom is 0.135 e. The average Bonchev–Trinajstić information content (AvgIpc) is 3.25. The quantitative estimate of drug-likeness (QED) is 0.432. The third kappa shape index (κ3) is 3.62. The summed E-state index contributed by atoms with van der Waals surface area (Å²) in [5.74, 6) is 2.60. The van der Waals surface area contributed by atoms with Crippen molar-refractivity contribution in [1.29, 1.82) is 0 Å². The molecule has 0 spiro atoms. The summed E-state index contributed by atoms with van der Waals surface area (Å²) in [7, 11) is 0. The first-order chi connectivity index (χ1) is 14.3. The van der Waals surface area contributed by atoms with Crippen molar-refractivity contribution in [3.63, 3.8) is 0 Å². The highest BCUT2D eigenvalue weighted by molar-refractivity contribution is 8.02. The molecular weight excluding hydrogens is 372 g/mol. The van der Waals surface area contributed by atoms with Gasteiger partial charge in [-0.3, -0.25) is 0 Å². The zero-order valence-electron chi connectivity index (χ0n) is 17.7. The molecule has 1 aliphatic heterocycles. The Morgan fingerprint density at radius 2 is 0.793 bits per heavy atom. The molecule has 4 aliphatic carbocycles. The summed E-state index contributed by atoms with van der Waals surface area (Å²) in [6, 6.07) is 0. The van der Waals surface area contributed by atoms with Gasteiger partial charge in [0.15, 0.2) is 0 Å². The van der Waals surface area contributed by atoms with Gasteiger partial charge >= 0.3 is 0 Å². The van der Waals surface area contributed by atoms with Gasteiger partial charge < -0.3 is 0 Å². The molecule has 0 aromatic carbocycles. The fourth-order valence-electron chi connectivity index (χ4n) is 6.46. The van der Waals surface area contributed by atoms with Gasteiger partial charge in [-0.15, -0.1) is 0 Å².